The molecule has 0 bridgehead atoms. The Labute approximate surface area is 306 Å². The van der Waals surface area contributed by atoms with Gasteiger partial charge in [0, 0.05) is 70.1 Å². The molecule has 0 saturated carbocycles. The number of hydrogen-bond acceptors (Lipinski definition) is 4. The lowest BCUT2D eigenvalue weighted by Gasteiger charge is -2.26. The molecule has 53 heavy (non-hydrogen) atoms. The molecule has 250 valence electrons. The zero-order valence-electron chi connectivity index (χ0n) is 28.7. The van der Waals surface area contributed by atoms with Crippen molar-refractivity contribution in [1.82, 2.24) is 23.8 Å². The molecule has 0 aliphatic carbocycles. The Bertz CT molecular complexity index is 2680. The lowest BCUT2D eigenvalue weighted by Crippen LogP contribution is -2.09. The van der Waals surface area contributed by atoms with Gasteiger partial charge in [-0.2, -0.15) is 0 Å². The van der Waals surface area contributed by atoms with Gasteiger partial charge >= 0.3 is 0 Å². The van der Waals surface area contributed by atoms with Crippen molar-refractivity contribution in [1.29, 1.82) is 0 Å². The van der Waals surface area contributed by atoms with Gasteiger partial charge in [-0.1, -0.05) is 91.0 Å². The van der Waals surface area contributed by atoms with Crippen molar-refractivity contribution in [2.45, 2.75) is 0 Å². The zero-order valence-corrected chi connectivity index (χ0v) is 28.7. The van der Waals surface area contributed by atoms with Crippen LogP contribution >= 0.6 is 0 Å². The number of para-hydroxylation sites is 1. The van der Waals surface area contributed by atoms with Gasteiger partial charge in [-0.05, 0) is 89.5 Å². The molecule has 5 aromatic heterocycles. The van der Waals surface area contributed by atoms with Crippen molar-refractivity contribution in [2.24, 2.45) is 0 Å². The van der Waals surface area contributed by atoms with Crippen LogP contribution in [0.5, 0.6) is 0 Å². The number of aromatic nitrogens is 5. The summed E-state index contributed by atoms with van der Waals surface area (Å²) in [5.74, 6) is 0. The normalized spacial score (nSPS) is 11.4. The molecule has 0 radical (unpaired) electrons. The topological polar surface area (TPSA) is 50.7 Å². The molecule has 0 aliphatic rings. The SMILES string of the molecule is c1ccc2ncc(-c3ccc(-c4ccc(N(c5ccc(-c6cn7ccccc7n6)cc5)c5ccc(-c6cn7ccccc7n6)cc5)cc4)cc3)cc2c1. The van der Waals surface area contributed by atoms with Crippen molar-refractivity contribution in [3.05, 3.63) is 195 Å². The summed E-state index contributed by atoms with van der Waals surface area (Å²) < 4.78 is 4.10. The Balaban J connectivity index is 0.975. The third kappa shape index (κ3) is 5.78. The minimum atomic E-state index is 0.930. The number of rotatable bonds is 7. The van der Waals surface area contributed by atoms with Crippen LogP contribution < -0.4 is 4.90 Å². The molecular weight excluding hydrogens is 649 g/mol. The van der Waals surface area contributed by atoms with E-state index in [1.165, 1.54) is 0 Å². The number of anilines is 3. The summed E-state index contributed by atoms with van der Waals surface area (Å²) in [5, 5.41) is 1.14. The molecule has 5 heterocycles. The third-order valence-corrected chi connectivity index (χ3v) is 9.84. The van der Waals surface area contributed by atoms with Gasteiger partial charge in [0.05, 0.1) is 16.9 Å². The van der Waals surface area contributed by atoms with Gasteiger partial charge < -0.3 is 13.7 Å². The maximum absolute atomic E-state index is 4.84. The molecule has 0 fully saturated rings. The Hall–Kier alpha value is -7.31. The highest BCUT2D eigenvalue weighted by Gasteiger charge is 2.15. The standard InChI is InChI=1S/C47H32N6/c1-2-8-43-38(7-1)29-39(30-48-43)35-13-11-33(12-14-35)34-15-21-40(22-16-34)53(41-23-17-36(18-24-41)44-31-51-27-5-3-9-46(51)49-44)42-25-19-37(20-26-42)45-32-52-28-6-4-10-47(52)50-45/h1-32H. The quantitative estimate of drug-likeness (QED) is 0.168. The van der Waals surface area contributed by atoms with E-state index in [1.807, 2.05) is 67.1 Å². The average Bonchev–Trinajstić information content (AvgIpc) is 3.87. The lowest BCUT2D eigenvalue weighted by molar-refractivity contribution is 1.19. The van der Waals surface area contributed by atoms with Gasteiger partial charge in [-0.15, -0.1) is 0 Å². The summed E-state index contributed by atoms with van der Waals surface area (Å²) in [7, 11) is 0. The van der Waals surface area contributed by atoms with Crippen LogP contribution in [0.3, 0.4) is 0 Å². The van der Waals surface area contributed by atoms with Crippen LogP contribution in [0.4, 0.5) is 17.1 Å². The van der Waals surface area contributed by atoms with Crippen LogP contribution in [-0.2, 0) is 0 Å². The maximum atomic E-state index is 4.84. The second-order valence-corrected chi connectivity index (χ2v) is 13.2. The molecule has 6 heteroatoms. The summed E-state index contributed by atoms with van der Waals surface area (Å²) in [6, 6.07) is 57.3. The van der Waals surface area contributed by atoms with Gasteiger partial charge in [0.15, 0.2) is 0 Å². The maximum Gasteiger partial charge on any atom is 0.137 e. The highest BCUT2D eigenvalue weighted by atomic mass is 15.1. The molecule has 5 aromatic carbocycles. The molecular formula is C47H32N6. The predicted octanol–water partition coefficient (Wildman–Crippen LogP) is 11.7. The van der Waals surface area contributed by atoms with E-state index in [1.54, 1.807) is 0 Å². The molecule has 0 unspecified atom stereocenters. The Morgan fingerprint density at radius 1 is 0.396 bits per heavy atom. The largest absolute Gasteiger partial charge is 0.311 e. The molecule has 0 aliphatic heterocycles. The molecule has 0 atom stereocenters. The first-order valence-corrected chi connectivity index (χ1v) is 17.7. The van der Waals surface area contributed by atoms with Crippen molar-refractivity contribution in [2.75, 3.05) is 4.90 Å². The van der Waals surface area contributed by atoms with Crippen molar-refractivity contribution < 1.29 is 0 Å². The van der Waals surface area contributed by atoms with Gasteiger partial charge in [0.1, 0.15) is 11.3 Å². The molecule has 10 rings (SSSR count). The molecule has 0 spiro atoms. The lowest BCUT2D eigenvalue weighted by atomic mass is 10.00. The van der Waals surface area contributed by atoms with E-state index in [0.29, 0.717) is 0 Å². The van der Waals surface area contributed by atoms with Crippen LogP contribution in [0.2, 0.25) is 0 Å². The summed E-state index contributed by atoms with van der Waals surface area (Å²) in [6.45, 7) is 0. The summed E-state index contributed by atoms with van der Waals surface area (Å²) in [6.07, 6.45) is 10.2. The summed E-state index contributed by atoms with van der Waals surface area (Å²) >= 11 is 0. The fraction of sp³-hybridized carbons (Fsp3) is 0. The van der Waals surface area contributed by atoms with Crippen molar-refractivity contribution >= 4 is 39.3 Å². The van der Waals surface area contributed by atoms with E-state index in [0.717, 1.165) is 84.0 Å². The van der Waals surface area contributed by atoms with Crippen LogP contribution in [-0.4, -0.2) is 23.8 Å². The number of pyridine rings is 3. The van der Waals surface area contributed by atoms with Crippen molar-refractivity contribution in [3.8, 4) is 44.8 Å². The van der Waals surface area contributed by atoms with Crippen molar-refractivity contribution in [3.63, 3.8) is 0 Å². The number of imidazole rings is 2. The Kier molecular flexibility index (Phi) is 7.36. The number of nitrogens with zero attached hydrogens (tertiary/aromatic N) is 6. The van der Waals surface area contributed by atoms with E-state index < -0.39 is 0 Å². The smallest absolute Gasteiger partial charge is 0.137 e. The third-order valence-electron chi connectivity index (χ3n) is 9.84. The summed E-state index contributed by atoms with van der Waals surface area (Å²) in [4.78, 5) is 16.6. The molecule has 0 saturated heterocycles. The fourth-order valence-electron chi connectivity index (χ4n) is 7.04. The van der Waals surface area contributed by atoms with E-state index >= 15 is 0 Å². The first-order valence-electron chi connectivity index (χ1n) is 17.7. The van der Waals surface area contributed by atoms with E-state index in [9.17, 15) is 0 Å². The first-order chi connectivity index (χ1) is 26.2. The highest BCUT2D eigenvalue weighted by molar-refractivity contribution is 5.84. The Morgan fingerprint density at radius 3 is 1.34 bits per heavy atom. The number of hydrogen-bond donors (Lipinski definition) is 0. The highest BCUT2D eigenvalue weighted by Crippen LogP contribution is 2.38. The molecule has 6 nitrogen and oxygen atoms in total. The van der Waals surface area contributed by atoms with Gasteiger partial charge in [0.2, 0.25) is 0 Å². The van der Waals surface area contributed by atoms with E-state index in [-0.39, 0.29) is 0 Å². The molecule has 0 N–H and O–H groups in total. The fourth-order valence-corrected chi connectivity index (χ4v) is 7.04. The van der Waals surface area contributed by atoms with E-state index in [4.69, 9.17) is 9.97 Å². The zero-order chi connectivity index (χ0) is 35.1. The van der Waals surface area contributed by atoms with Crippen LogP contribution in [0.15, 0.2) is 195 Å². The average molecular weight is 681 g/mol. The minimum Gasteiger partial charge on any atom is -0.311 e. The minimum absolute atomic E-state index is 0.930. The second-order valence-electron chi connectivity index (χ2n) is 13.2. The van der Waals surface area contributed by atoms with Gasteiger partial charge in [-0.25, -0.2) is 9.97 Å². The number of benzene rings is 5. The second kappa shape index (κ2) is 12.8. The Morgan fingerprint density at radius 2 is 0.830 bits per heavy atom. The molecule has 10 aromatic rings. The first kappa shape index (κ1) is 30.5. The van der Waals surface area contributed by atoms with Crippen LogP contribution in [0, 0.1) is 0 Å². The van der Waals surface area contributed by atoms with Crippen LogP contribution in [0.1, 0.15) is 0 Å². The summed E-state index contributed by atoms with van der Waals surface area (Å²) in [5.41, 5.74) is 14.6. The predicted molar refractivity (Wildman–Crippen MR) is 216 cm³/mol. The van der Waals surface area contributed by atoms with Gasteiger partial charge in [-0.3, -0.25) is 4.98 Å². The van der Waals surface area contributed by atoms with Crippen LogP contribution in [0.25, 0.3) is 67.0 Å². The molecule has 0 amide bonds. The number of fused-ring (bicyclic) bond motifs is 3. The monoisotopic (exact) mass is 680 g/mol. The van der Waals surface area contributed by atoms with E-state index in [2.05, 4.69) is 146 Å². The van der Waals surface area contributed by atoms with Gasteiger partial charge in [0.25, 0.3) is 0 Å².